The Kier molecular flexibility index (Phi) is 3.84. The average molecular weight is 339 g/mol. The summed E-state index contributed by atoms with van der Waals surface area (Å²) in [5, 5.41) is 38.7. The molecule has 1 saturated carbocycles. The lowest BCUT2D eigenvalue weighted by Gasteiger charge is -2.49. The van der Waals surface area contributed by atoms with Gasteiger partial charge in [-0.25, -0.2) is 4.79 Å². The van der Waals surface area contributed by atoms with Crippen LogP contribution < -0.4 is 0 Å². The molecule has 0 bridgehead atoms. The highest BCUT2D eigenvalue weighted by atomic mass is 16.5. The third kappa shape index (κ3) is 2.36. The van der Waals surface area contributed by atoms with Crippen molar-refractivity contribution in [3.05, 3.63) is 23.3 Å². The molecule has 0 amide bonds. The van der Waals surface area contributed by atoms with E-state index in [0.29, 0.717) is 0 Å². The van der Waals surface area contributed by atoms with E-state index in [0.717, 1.165) is 6.08 Å². The number of aliphatic hydroxyl groups is 3. The van der Waals surface area contributed by atoms with Crippen molar-refractivity contribution < 1.29 is 39.5 Å². The van der Waals surface area contributed by atoms with E-state index in [1.165, 1.54) is 11.8 Å². The molecular formula is C15H17NO8. The van der Waals surface area contributed by atoms with Crippen LogP contribution in [0.1, 0.15) is 19.8 Å². The summed E-state index contributed by atoms with van der Waals surface area (Å²) >= 11 is 0. The van der Waals surface area contributed by atoms with Gasteiger partial charge in [0.15, 0.2) is 11.5 Å². The number of hydrogen-bond donors (Lipinski definition) is 4. The molecule has 5 unspecified atom stereocenters. The largest absolute Gasteiger partial charge is 0.504 e. The average Bonchev–Trinajstić information content (AvgIpc) is 2.51. The lowest BCUT2D eigenvalue weighted by atomic mass is 9.83. The summed E-state index contributed by atoms with van der Waals surface area (Å²) in [4.78, 5) is 37.1. The summed E-state index contributed by atoms with van der Waals surface area (Å²) in [5.41, 5.74) is -0.320. The zero-order valence-corrected chi connectivity index (χ0v) is 12.7. The molecule has 0 radical (unpaired) electrons. The number of carboxylic acids is 1. The van der Waals surface area contributed by atoms with Gasteiger partial charge in [-0.2, -0.15) is 0 Å². The fourth-order valence-corrected chi connectivity index (χ4v) is 3.39. The van der Waals surface area contributed by atoms with Gasteiger partial charge in [0.2, 0.25) is 11.6 Å². The van der Waals surface area contributed by atoms with E-state index in [2.05, 4.69) is 0 Å². The number of aliphatic hydroxyl groups excluding tert-OH is 3. The third-order valence-corrected chi connectivity index (χ3v) is 4.64. The zero-order chi connectivity index (χ0) is 17.8. The van der Waals surface area contributed by atoms with E-state index in [-0.39, 0.29) is 24.3 Å². The van der Waals surface area contributed by atoms with Crippen molar-refractivity contribution in [1.29, 1.82) is 0 Å². The number of aliphatic carboxylic acids is 1. The number of allylic oxidation sites excluding steroid dienone is 1. The Balaban J connectivity index is 2.11. The van der Waals surface area contributed by atoms with E-state index in [1.54, 1.807) is 0 Å². The van der Waals surface area contributed by atoms with Crippen molar-refractivity contribution in [2.24, 2.45) is 0 Å². The smallest absolute Gasteiger partial charge is 0.326 e. The first-order valence-corrected chi connectivity index (χ1v) is 7.50. The SMILES string of the molecule is CC(C(=O)O)N1C2=C(OC3CC(O)C(O)CC31)C(=O)C=C(O)C2=O. The number of ether oxygens (including phenoxy) is 1. The van der Waals surface area contributed by atoms with Gasteiger partial charge < -0.3 is 30.1 Å². The Morgan fingerprint density at radius 1 is 1.29 bits per heavy atom. The second kappa shape index (κ2) is 5.60. The molecule has 0 saturated heterocycles. The number of fused-ring (bicyclic) bond motifs is 1. The highest BCUT2D eigenvalue weighted by Crippen LogP contribution is 2.39. The predicted octanol–water partition coefficient (Wildman–Crippen LogP) is -1.15. The molecule has 0 spiro atoms. The summed E-state index contributed by atoms with van der Waals surface area (Å²) in [6.45, 7) is 1.33. The summed E-state index contributed by atoms with van der Waals surface area (Å²) in [5.74, 6) is -4.02. The van der Waals surface area contributed by atoms with Crippen molar-refractivity contribution >= 4 is 17.5 Å². The molecule has 1 fully saturated rings. The Bertz CT molecular complexity index is 681. The van der Waals surface area contributed by atoms with Crippen LogP contribution in [0.3, 0.4) is 0 Å². The van der Waals surface area contributed by atoms with Gasteiger partial charge in [0, 0.05) is 12.5 Å². The molecule has 0 aromatic carbocycles. The molecule has 2 aliphatic carbocycles. The standard InChI is InChI=1S/C15H17NO8/c1-5(15(22)23)16-6-2-7(17)8(18)4-11(6)24-14-10(20)3-9(19)13(21)12(14)16/h3,5-8,11,17-19H,2,4H2,1H3,(H,22,23). The minimum Gasteiger partial charge on any atom is -0.504 e. The maximum Gasteiger partial charge on any atom is 0.326 e. The van der Waals surface area contributed by atoms with Gasteiger partial charge in [0.05, 0.1) is 18.2 Å². The quantitative estimate of drug-likeness (QED) is 0.458. The summed E-state index contributed by atoms with van der Waals surface area (Å²) in [7, 11) is 0. The number of nitrogens with zero attached hydrogens (tertiary/aromatic N) is 1. The number of carboxylic acid groups (broad SMARTS) is 1. The van der Waals surface area contributed by atoms with E-state index in [1.807, 2.05) is 0 Å². The highest BCUT2D eigenvalue weighted by Gasteiger charge is 2.51. The lowest BCUT2D eigenvalue weighted by molar-refractivity contribution is -0.154. The van der Waals surface area contributed by atoms with E-state index in [9.17, 15) is 34.8 Å². The number of hydrogen-bond acceptors (Lipinski definition) is 8. The second-order valence-electron chi connectivity index (χ2n) is 6.15. The van der Waals surface area contributed by atoms with E-state index < -0.39 is 53.7 Å². The van der Waals surface area contributed by atoms with Gasteiger partial charge in [-0.3, -0.25) is 9.59 Å². The predicted molar refractivity (Wildman–Crippen MR) is 76.6 cm³/mol. The van der Waals surface area contributed by atoms with Crippen molar-refractivity contribution in [3.63, 3.8) is 0 Å². The molecule has 5 atom stereocenters. The van der Waals surface area contributed by atoms with Crippen molar-refractivity contribution in [2.75, 3.05) is 0 Å². The summed E-state index contributed by atoms with van der Waals surface area (Å²) < 4.78 is 5.55. The Morgan fingerprint density at radius 2 is 1.92 bits per heavy atom. The van der Waals surface area contributed by atoms with Crippen LogP contribution in [0.4, 0.5) is 0 Å². The normalized spacial score (nSPS) is 34.1. The van der Waals surface area contributed by atoms with Gasteiger partial charge >= 0.3 is 5.97 Å². The molecule has 1 heterocycles. The summed E-state index contributed by atoms with van der Waals surface area (Å²) in [6.07, 6.45) is -2.27. The van der Waals surface area contributed by atoms with Crippen LogP contribution >= 0.6 is 0 Å². The molecule has 9 heteroatoms. The minimum absolute atomic E-state index is 0.0113. The number of carbonyl (C=O) groups excluding carboxylic acids is 2. The van der Waals surface area contributed by atoms with Crippen LogP contribution in [0.2, 0.25) is 0 Å². The highest BCUT2D eigenvalue weighted by molar-refractivity contribution is 6.20. The number of carbonyl (C=O) groups is 3. The molecule has 0 aromatic rings. The second-order valence-corrected chi connectivity index (χ2v) is 6.15. The van der Waals surface area contributed by atoms with Gasteiger partial charge in [-0.15, -0.1) is 0 Å². The molecule has 4 N–H and O–H groups in total. The first-order valence-electron chi connectivity index (χ1n) is 7.50. The third-order valence-electron chi connectivity index (χ3n) is 4.64. The molecule has 0 aromatic heterocycles. The molecule has 130 valence electrons. The maximum absolute atomic E-state index is 12.3. The fourth-order valence-electron chi connectivity index (χ4n) is 3.39. The van der Waals surface area contributed by atoms with Crippen LogP contribution in [-0.2, 0) is 19.1 Å². The van der Waals surface area contributed by atoms with Gasteiger partial charge in [-0.05, 0) is 13.3 Å². The molecule has 1 aliphatic heterocycles. The maximum atomic E-state index is 12.3. The number of rotatable bonds is 2. The first kappa shape index (κ1) is 16.5. The van der Waals surface area contributed by atoms with Gasteiger partial charge in [0.1, 0.15) is 17.8 Å². The van der Waals surface area contributed by atoms with Crippen molar-refractivity contribution in [2.45, 2.75) is 50.2 Å². The molecule has 9 nitrogen and oxygen atoms in total. The number of Topliss-reactive ketones (excluding diaryl/α,β-unsaturated/α-hetero) is 1. The Hall–Kier alpha value is -2.39. The Labute approximate surface area is 136 Å². The summed E-state index contributed by atoms with van der Waals surface area (Å²) in [6, 6.07) is -1.92. The van der Waals surface area contributed by atoms with Crippen molar-refractivity contribution in [1.82, 2.24) is 4.90 Å². The Morgan fingerprint density at radius 3 is 2.54 bits per heavy atom. The molecule has 24 heavy (non-hydrogen) atoms. The zero-order valence-electron chi connectivity index (χ0n) is 12.7. The minimum atomic E-state index is -1.24. The van der Waals surface area contributed by atoms with Crippen LogP contribution in [0.25, 0.3) is 0 Å². The first-order chi connectivity index (χ1) is 11.2. The van der Waals surface area contributed by atoms with E-state index >= 15 is 0 Å². The van der Waals surface area contributed by atoms with Gasteiger partial charge in [-0.1, -0.05) is 0 Å². The van der Waals surface area contributed by atoms with Crippen molar-refractivity contribution in [3.8, 4) is 0 Å². The molecular weight excluding hydrogens is 322 g/mol. The van der Waals surface area contributed by atoms with Crippen LogP contribution in [0.15, 0.2) is 23.3 Å². The van der Waals surface area contributed by atoms with Gasteiger partial charge in [0.25, 0.3) is 0 Å². The fraction of sp³-hybridized carbons (Fsp3) is 0.533. The van der Waals surface area contributed by atoms with Crippen LogP contribution in [0.5, 0.6) is 0 Å². The van der Waals surface area contributed by atoms with Crippen LogP contribution in [-0.4, -0.2) is 73.3 Å². The monoisotopic (exact) mass is 339 g/mol. The van der Waals surface area contributed by atoms with E-state index in [4.69, 9.17) is 4.74 Å². The van der Waals surface area contributed by atoms with Crippen LogP contribution in [0, 0.1) is 0 Å². The topological polar surface area (TPSA) is 145 Å². The molecule has 3 aliphatic rings. The number of ketones is 2. The lowest BCUT2D eigenvalue weighted by Crippen LogP contribution is -2.61. The molecule has 3 rings (SSSR count).